The number of piperazine rings is 1. The van der Waals surface area contributed by atoms with Crippen LogP contribution in [-0.2, 0) is 0 Å². The molecule has 0 spiro atoms. The van der Waals surface area contributed by atoms with Crippen molar-refractivity contribution in [2.24, 2.45) is 0 Å². The van der Waals surface area contributed by atoms with Crippen molar-refractivity contribution < 1.29 is 31.1 Å². The Balaban J connectivity index is 0.00000338. The van der Waals surface area contributed by atoms with E-state index < -0.39 is 30.8 Å². The van der Waals surface area contributed by atoms with Gasteiger partial charge in [-0.2, -0.15) is 13.2 Å². The molecule has 1 N–H and O–H groups in total. The lowest BCUT2D eigenvalue weighted by atomic mass is 9.99. The summed E-state index contributed by atoms with van der Waals surface area (Å²) in [6.45, 7) is 2.26. The minimum absolute atomic E-state index is 0. The van der Waals surface area contributed by atoms with E-state index in [4.69, 9.17) is 0 Å². The molecule has 0 unspecified atom stereocenters. The van der Waals surface area contributed by atoms with Gasteiger partial charge in [-0.1, -0.05) is 15.9 Å². The van der Waals surface area contributed by atoms with Crippen LogP contribution in [0.5, 0.6) is 5.75 Å². The van der Waals surface area contributed by atoms with Crippen LogP contribution in [0.15, 0.2) is 22.7 Å². The van der Waals surface area contributed by atoms with Gasteiger partial charge in [0.25, 0.3) is 0 Å². The molecule has 1 aromatic carbocycles. The Morgan fingerprint density at radius 3 is 2.23 bits per heavy atom. The summed E-state index contributed by atoms with van der Waals surface area (Å²) in [5.41, 5.74) is 0.361. The van der Waals surface area contributed by atoms with Gasteiger partial charge in [0.2, 0.25) is 0 Å². The standard InChI is InChI=1S/C15H17BrF6N2O.ClH/c16-11-7-10(8-12(9-11)25-15(20,21)22)13(1-2-14(17,18)19)24-5-3-23-4-6-24;/h7-9,13,23H,1-6H2;1H/t13-;/m1./s1. The first-order valence-electron chi connectivity index (χ1n) is 7.61. The molecule has 3 nitrogen and oxygen atoms in total. The number of nitrogens with one attached hydrogen (secondary N) is 1. The molecule has 1 aliphatic heterocycles. The molecule has 2 rings (SSSR count). The smallest absolute Gasteiger partial charge is 0.406 e. The first-order chi connectivity index (χ1) is 11.5. The van der Waals surface area contributed by atoms with Gasteiger partial charge in [0.15, 0.2) is 0 Å². The minimum Gasteiger partial charge on any atom is -0.406 e. The zero-order chi connectivity index (χ0) is 18.7. The van der Waals surface area contributed by atoms with Crippen molar-refractivity contribution in [1.82, 2.24) is 10.2 Å². The van der Waals surface area contributed by atoms with Gasteiger partial charge in [0, 0.05) is 43.1 Å². The number of hydrogen-bond acceptors (Lipinski definition) is 3. The fourth-order valence-electron chi connectivity index (χ4n) is 2.82. The van der Waals surface area contributed by atoms with E-state index in [1.807, 2.05) is 4.90 Å². The number of halogens is 8. The van der Waals surface area contributed by atoms with E-state index in [1.165, 1.54) is 6.07 Å². The number of nitrogens with zero attached hydrogens (tertiary/aromatic N) is 1. The van der Waals surface area contributed by atoms with Crippen LogP contribution in [0.2, 0.25) is 0 Å². The Morgan fingerprint density at radius 2 is 1.69 bits per heavy atom. The highest BCUT2D eigenvalue weighted by atomic mass is 79.9. The average Bonchev–Trinajstić information content (AvgIpc) is 2.45. The second kappa shape index (κ2) is 9.48. The molecule has 26 heavy (non-hydrogen) atoms. The SMILES string of the molecule is Cl.FC(F)(F)CC[C@H](c1cc(Br)cc(OC(F)(F)F)c1)N1CCNCC1. The normalized spacial score (nSPS) is 17.5. The molecule has 1 atom stereocenters. The molecular formula is C15H18BrClF6N2O. The zero-order valence-electron chi connectivity index (χ0n) is 13.5. The van der Waals surface area contributed by atoms with Crippen LogP contribution in [-0.4, -0.2) is 43.6 Å². The van der Waals surface area contributed by atoms with E-state index in [2.05, 4.69) is 26.0 Å². The summed E-state index contributed by atoms with van der Waals surface area (Å²) in [7, 11) is 0. The zero-order valence-corrected chi connectivity index (χ0v) is 15.9. The number of rotatable bonds is 5. The van der Waals surface area contributed by atoms with E-state index in [0.717, 1.165) is 12.1 Å². The van der Waals surface area contributed by atoms with Crippen LogP contribution < -0.4 is 10.1 Å². The second-order valence-corrected chi connectivity index (χ2v) is 6.64. The maximum Gasteiger partial charge on any atom is 0.573 e. The third kappa shape index (κ3) is 7.89. The van der Waals surface area contributed by atoms with Gasteiger partial charge in [-0.15, -0.1) is 25.6 Å². The molecule has 1 saturated heterocycles. The van der Waals surface area contributed by atoms with E-state index in [1.54, 1.807) is 0 Å². The van der Waals surface area contributed by atoms with Crippen molar-refractivity contribution in [2.75, 3.05) is 26.2 Å². The fraction of sp³-hybridized carbons (Fsp3) is 0.600. The summed E-state index contributed by atoms with van der Waals surface area (Å²) in [5.74, 6) is -0.455. The maximum absolute atomic E-state index is 12.7. The molecular weight excluding hydrogens is 454 g/mol. The monoisotopic (exact) mass is 470 g/mol. The summed E-state index contributed by atoms with van der Waals surface area (Å²) in [5, 5.41) is 3.10. The molecule has 0 aromatic heterocycles. The Labute approximate surface area is 161 Å². The van der Waals surface area contributed by atoms with Crippen molar-refractivity contribution in [3.8, 4) is 5.75 Å². The quantitative estimate of drug-likeness (QED) is 0.608. The van der Waals surface area contributed by atoms with E-state index in [9.17, 15) is 26.3 Å². The Kier molecular flexibility index (Phi) is 8.50. The molecule has 1 fully saturated rings. The lowest BCUT2D eigenvalue weighted by molar-refractivity contribution is -0.274. The number of hydrogen-bond donors (Lipinski definition) is 1. The first kappa shape index (κ1) is 23.3. The molecule has 150 valence electrons. The topological polar surface area (TPSA) is 24.5 Å². The molecule has 0 saturated carbocycles. The Hall–Kier alpha value is -0.710. The third-order valence-electron chi connectivity index (χ3n) is 3.81. The Morgan fingerprint density at radius 1 is 1.08 bits per heavy atom. The van der Waals surface area contributed by atoms with Crippen LogP contribution in [0, 0.1) is 0 Å². The number of alkyl halides is 6. The van der Waals surface area contributed by atoms with Gasteiger partial charge in [-0.05, 0) is 30.2 Å². The van der Waals surface area contributed by atoms with Crippen molar-refractivity contribution >= 4 is 28.3 Å². The first-order valence-corrected chi connectivity index (χ1v) is 8.40. The van der Waals surface area contributed by atoms with Crippen molar-refractivity contribution in [3.05, 3.63) is 28.2 Å². The number of benzene rings is 1. The third-order valence-corrected chi connectivity index (χ3v) is 4.26. The van der Waals surface area contributed by atoms with Crippen molar-refractivity contribution in [3.63, 3.8) is 0 Å². The lowest BCUT2D eigenvalue weighted by Gasteiger charge is -2.35. The van der Waals surface area contributed by atoms with Gasteiger partial charge in [0.05, 0.1) is 0 Å². The minimum atomic E-state index is -4.87. The van der Waals surface area contributed by atoms with Crippen LogP contribution >= 0.6 is 28.3 Å². The van der Waals surface area contributed by atoms with E-state index in [0.29, 0.717) is 36.2 Å². The predicted octanol–water partition coefficient (Wildman–Crippen LogP) is 5.06. The van der Waals surface area contributed by atoms with E-state index in [-0.39, 0.29) is 18.8 Å². The highest BCUT2D eigenvalue weighted by molar-refractivity contribution is 9.10. The predicted molar refractivity (Wildman–Crippen MR) is 90.5 cm³/mol. The summed E-state index contributed by atoms with van der Waals surface area (Å²) in [6.07, 6.45) is -10.4. The highest BCUT2D eigenvalue weighted by Gasteiger charge is 2.33. The molecule has 1 heterocycles. The summed E-state index contributed by atoms with van der Waals surface area (Å²) >= 11 is 3.10. The molecule has 1 aromatic rings. The Bertz CT molecular complexity index is 578. The molecule has 11 heteroatoms. The largest absolute Gasteiger partial charge is 0.573 e. The van der Waals surface area contributed by atoms with Crippen LogP contribution in [0.1, 0.15) is 24.4 Å². The number of ether oxygens (including phenoxy) is 1. The van der Waals surface area contributed by atoms with Gasteiger partial charge in [-0.25, -0.2) is 0 Å². The van der Waals surface area contributed by atoms with Gasteiger partial charge in [-0.3, -0.25) is 4.90 Å². The molecule has 1 aliphatic rings. The van der Waals surface area contributed by atoms with Gasteiger partial charge < -0.3 is 10.1 Å². The second-order valence-electron chi connectivity index (χ2n) is 5.72. The van der Waals surface area contributed by atoms with Crippen LogP contribution in [0.4, 0.5) is 26.3 Å². The van der Waals surface area contributed by atoms with Crippen molar-refractivity contribution in [1.29, 1.82) is 0 Å². The van der Waals surface area contributed by atoms with Gasteiger partial charge >= 0.3 is 12.5 Å². The average molecular weight is 472 g/mol. The van der Waals surface area contributed by atoms with E-state index >= 15 is 0 Å². The van der Waals surface area contributed by atoms with Gasteiger partial charge in [0.1, 0.15) is 5.75 Å². The highest BCUT2D eigenvalue weighted by Crippen LogP contribution is 2.36. The van der Waals surface area contributed by atoms with Crippen molar-refractivity contribution in [2.45, 2.75) is 31.4 Å². The van der Waals surface area contributed by atoms with Crippen LogP contribution in [0.25, 0.3) is 0 Å². The molecule has 0 amide bonds. The molecule has 0 aliphatic carbocycles. The summed E-state index contributed by atoms with van der Waals surface area (Å²) in [6, 6.07) is 3.18. The molecule has 0 bridgehead atoms. The molecule has 0 radical (unpaired) electrons. The lowest BCUT2D eigenvalue weighted by Crippen LogP contribution is -2.45. The maximum atomic E-state index is 12.7. The summed E-state index contributed by atoms with van der Waals surface area (Å²) < 4.78 is 79.6. The summed E-state index contributed by atoms with van der Waals surface area (Å²) in [4.78, 5) is 1.85. The van der Waals surface area contributed by atoms with Crippen LogP contribution in [0.3, 0.4) is 0 Å². The fourth-order valence-corrected chi connectivity index (χ4v) is 3.31.